The van der Waals surface area contributed by atoms with Crippen LogP contribution in [-0.4, -0.2) is 34.2 Å². The Morgan fingerprint density at radius 1 is 1.11 bits per heavy atom. The standard InChI is InChI=1S/C22H28BrN5/c1-12-8-18(23)9-13(2)20(12)28-15(4)14(3)19-21(25-16(5)26-22(19)28)27-7-6-17(10-24)11-27/h8-9,17H,6-7,10-11,24H2,1-5H3. The number of benzene rings is 1. The molecule has 6 heteroatoms. The Balaban J connectivity index is 2.00. The molecule has 0 amide bonds. The fourth-order valence-corrected chi connectivity index (χ4v) is 5.21. The van der Waals surface area contributed by atoms with Crippen molar-refractivity contribution in [1.29, 1.82) is 0 Å². The smallest absolute Gasteiger partial charge is 0.150 e. The van der Waals surface area contributed by atoms with Gasteiger partial charge in [0.2, 0.25) is 0 Å². The number of halogens is 1. The summed E-state index contributed by atoms with van der Waals surface area (Å²) in [7, 11) is 0. The Hall–Kier alpha value is -1.92. The van der Waals surface area contributed by atoms with Crippen molar-refractivity contribution in [3.05, 3.63) is 44.8 Å². The molecule has 3 heterocycles. The monoisotopic (exact) mass is 441 g/mol. The molecule has 3 aromatic rings. The molecule has 1 aliphatic rings. The van der Waals surface area contributed by atoms with Crippen LogP contribution in [0.15, 0.2) is 16.6 Å². The molecular weight excluding hydrogens is 414 g/mol. The zero-order valence-corrected chi connectivity index (χ0v) is 18.9. The summed E-state index contributed by atoms with van der Waals surface area (Å²) in [4.78, 5) is 12.2. The SMILES string of the molecule is Cc1nc(N2CCC(CN)C2)c2c(C)c(C)n(-c3c(C)cc(Br)cc3C)c2n1. The summed E-state index contributed by atoms with van der Waals surface area (Å²) >= 11 is 3.62. The van der Waals surface area contributed by atoms with Crippen LogP contribution in [0.2, 0.25) is 0 Å². The summed E-state index contributed by atoms with van der Waals surface area (Å²) in [6, 6.07) is 4.34. The minimum Gasteiger partial charge on any atom is -0.356 e. The van der Waals surface area contributed by atoms with E-state index in [0.29, 0.717) is 5.92 Å². The lowest BCUT2D eigenvalue weighted by molar-refractivity contribution is 0.602. The summed E-state index contributed by atoms with van der Waals surface area (Å²) in [5, 5.41) is 1.17. The molecule has 1 aromatic carbocycles. The first-order valence-electron chi connectivity index (χ1n) is 9.90. The van der Waals surface area contributed by atoms with Gasteiger partial charge in [-0.25, -0.2) is 9.97 Å². The Morgan fingerprint density at radius 3 is 2.39 bits per heavy atom. The topological polar surface area (TPSA) is 60.0 Å². The largest absolute Gasteiger partial charge is 0.356 e. The number of hydrogen-bond donors (Lipinski definition) is 1. The van der Waals surface area contributed by atoms with Crippen molar-refractivity contribution in [1.82, 2.24) is 14.5 Å². The molecule has 1 saturated heterocycles. The second-order valence-electron chi connectivity index (χ2n) is 8.06. The predicted molar refractivity (Wildman–Crippen MR) is 120 cm³/mol. The van der Waals surface area contributed by atoms with Crippen molar-refractivity contribution < 1.29 is 0 Å². The van der Waals surface area contributed by atoms with E-state index >= 15 is 0 Å². The van der Waals surface area contributed by atoms with Gasteiger partial charge in [-0.2, -0.15) is 0 Å². The van der Waals surface area contributed by atoms with Gasteiger partial charge in [-0.3, -0.25) is 4.57 Å². The molecule has 0 aliphatic carbocycles. The highest BCUT2D eigenvalue weighted by Crippen LogP contribution is 2.37. The summed E-state index contributed by atoms with van der Waals surface area (Å²) in [5.74, 6) is 2.42. The predicted octanol–water partition coefficient (Wildman–Crippen LogP) is 4.51. The first-order chi connectivity index (χ1) is 13.3. The van der Waals surface area contributed by atoms with Crippen LogP contribution in [0.3, 0.4) is 0 Å². The van der Waals surface area contributed by atoms with Gasteiger partial charge in [0.1, 0.15) is 11.6 Å². The van der Waals surface area contributed by atoms with E-state index in [1.807, 2.05) is 6.92 Å². The van der Waals surface area contributed by atoms with Crippen LogP contribution >= 0.6 is 15.9 Å². The van der Waals surface area contributed by atoms with Gasteiger partial charge >= 0.3 is 0 Å². The van der Waals surface area contributed by atoms with E-state index in [1.54, 1.807) is 0 Å². The molecule has 1 aliphatic heterocycles. The summed E-state index contributed by atoms with van der Waals surface area (Å²) in [6.07, 6.45) is 1.13. The minimum absolute atomic E-state index is 0.546. The van der Waals surface area contributed by atoms with E-state index in [1.165, 1.54) is 33.5 Å². The first kappa shape index (κ1) is 19.4. The molecule has 2 aromatic heterocycles. The maximum Gasteiger partial charge on any atom is 0.150 e. The molecule has 0 bridgehead atoms. The van der Waals surface area contributed by atoms with Gasteiger partial charge in [0.05, 0.1) is 11.1 Å². The molecule has 5 nitrogen and oxygen atoms in total. The third kappa shape index (κ3) is 3.03. The molecule has 28 heavy (non-hydrogen) atoms. The van der Waals surface area contributed by atoms with Gasteiger partial charge in [-0.05, 0) is 82.3 Å². The second-order valence-corrected chi connectivity index (χ2v) is 8.98. The lowest BCUT2D eigenvalue weighted by Gasteiger charge is -2.20. The zero-order chi connectivity index (χ0) is 20.2. The van der Waals surface area contributed by atoms with E-state index in [4.69, 9.17) is 15.7 Å². The number of aromatic nitrogens is 3. The molecule has 2 N–H and O–H groups in total. The fourth-order valence-electron chi connectivity index (χ4n) is 4.52. The number of fused-ring (bicyclic) bond motifs is 1. The number of nitrogens with two attached hydrogens (primary N) is 1. The van der Waals surface area contributed by atoms with E-state index in [0.717, 1.165) is 47.8 Å². The summed E-state index contributed by atoms with van der Waals surface area (Å²) < 4.78 is 3.42. The Morgan fingerprint density at radius 2 is 1.79 bits per heavy atom. The highest BCUT2D eigenvalue weighted by atomic mass is 79.9. The maximum atomic E-state index is 5.93. The van der Waals surface area contributed by atoms with Gasteiger partial charge in [0.25, 0.3) is 0 Å². The van der Waals surface area contributed by atoms with Crippen LogP contribution < -0.4 is 10.6 Å². The average Bonchev–Trinajstić information content (AvgIpc) is 3.19. The highest BCUT2D eigenvalue weighted by molar-refractivity contribution is 9.10. The van der Waals surface area contributed by atoms with Crippen LogP contribution in [0.25, 0.3) is 16.7 Å². The number of nitrogens with zero attached hydrogens (tertiary/aromatic N) is 4. The van der Waals surface area contributed by atoms with Crippen LogP contribution in [0, 0.1) is 40.5 Å². The lowest BCUT2D eigenvalue weighted by atomic mass is 10.1. The van der Waals surface area contributed by atoms with Crippen LogP contribution in [0.1, 0.15) is 34.6 Å². The van der Waals surface area contributed by atoms with Crippen molar-refractivity contribution in [2.45, 2.75) is 41.0 Å². The van der Waals surface area contributed by atoms with Gasteiger partial charge in [0.15, 0.2) is 5.65 Å². The number of anilines is 1. The van der Waals surface area contributed by atoms with Crippen LogP contribution in [-0.2, 0) is 0 Å². The fraction of sp³-hybridized carbons (Fsp3) is 0.455. The molecule has 0 spiro atoms. The average molecular weight is 442 g/mol. The zero-order valence-electron chi connectivity index (χ0n) is 17.3. The van der Waals surface area contributed by atoms with E-state index in [-0.39, 0.29) is 0 Å². The van der Waals surface area contributed by atoms with Crippen molar-refractivity contribution in [2.24, 2.45) is 11.7 Å². The van der Waals surface area contributed by atoms with Crippen LogP contribution in [0.4, 0.5) is 5.82 Å². The maximum absolute atomic E-state index is 5.93. The summed E-state index contributed by atoms with van der Waals surface area (Å²) in [5.41, 5.74) is 13.1. The Labute approximate surface area is 175 Å². The molecule has 0 saturated carbocycles. The second kappa shape index (κ2) is 7.16. The van der Waals surface area contributed by atoms with Crippen molar-refractivity contribution in [2.75, 3.05) is 24.5 Å². The molecule has 1 fully saturated rings. The van der Waals surface area contributed by atoms with Gasteiger partial charge in [0, 0.05) is 23.3 Å². The number of rotatable bonds is 3. The third-order valence-electron chi connectivity index (χ3n) is 6.05. The molecule has 0 radical (unpaired) electrons. The molecule has 148 valence electrons. The molecule has 1 atom stereocenters. The molecule has 1 unspecified atom stereocenters. The van der Waals surface area contributed by atoms with Gasteiger partial charge < -0.3 is 10.6 Å². The van der Waals surface area contributed by atoms with Gasteiger partial charge in [-0.1, -0.05) is 15.9 Å². The van der Waals surface area contributed by atoms with E-state index < -0.39 is 0 Å². The first-order valence-corrected chi connectivity index (χ1v) is 10.7. The van der Waals surface area contributed by atoms with E-state index in [9.17, 15) is 0 Å². The lowest BCUT2D eigenvalue weighted by Crippen LogP contribution is -2.24. The molecular formula is C22H28BrN5. The third-order valence-corrected chi connectivity index (χ3v) is 6.50. The van der Waals surface area contributed by atoms with Gasteiger partial charge in [-0.15, -0.1) is 0 Å². The number of hydrogen-bond acceptors (Lipinski definition) is 4. The molecule has 4 rings (SSSR count). The van der Waals surface area contributed by atoms with Crippen LogP contribution in [0.5, 0.6) is 0 Å². The summed E-state index contributed by atoms with van der Waals surface area (Å²) in [6.45, 7) is 13.4. The normalized spacial score (nSPS) is 17.1. The minimum atomic E-state index is 0.546. The van der Waals surface area contributed by atoms with Crippen molar-refractivity contribution in [3.63, 3.8) is 0 Å². The van der Waals surface area contributed by atoms with Crippen molar-refractivity contribution in [3.8, 4) is 5.69 Å². The Bertz CT molecular complexity index is 1050. The Kier molecular flexibility index (Phi) is 4.96. The van der Waals surface area contributed by atoms with Crippen molar-refractivity contribution >= 4 is 32.8 Å². The number of aryl methyl sites for hydroxylation is 4. The van der Waals surface area contributed by atoms with E-state index in [2.05, 4.69) is 65.2 Å². The quantitative estimate of drug-likeness (QED) is 0.649. The highest BCUT2D eigenvalue weighted by Gasteiger charge is 2.27.